The fourth-order valence-electron chi connectivity index (χ4n) is 0.962. The molecule has 3 N–H and O–H groups in total. The van der Waals surface area contributed by atoms with E-state index in [1.807, 2.05) is 4.72 Å². The molecule has 0 fully saturated rings. The molecule has 0 unspecified atom stereocenters. The molecular formula is C8H6N4O2S. The Hall–Kier alpha value is -2.09. The van der Waals surface area contributed by atoms with Crippen molar-refractivity contribution in [1.29, 1.82) is 10.5 Å². The van der Waals surface area contributed by atoms with E-state index >= 15 is 0 Å². The molecule has 0 aliphatic rings. The Morgan fingerprint density at radius 2 is 1.80 bits per heavy atom. The van der Waals surface area contributed by atoms with Crippen molar-refractivity contribution in [3.8, 4) is 12.1 Å². The number of nitriles is 2. The van der Waals surface area contributed by atoms with Crippen LogP contribution in [0.15, 0.2) is 18.2 Å². The van der Waals surface area contributed by atoms with Crippen molar-refractivity contribution in [3.05, 3.63) is 29.3 Å². The molecule has 0 saturated heterocycles. The van der Waals surface area contributed by atoms with Crippen LogP contribution in [0.2, 0.25) is 0 Å². The van der Waals surface area contributed by atoms with E-state index in [0.29, 0.717) is 0 Å². The van der Waals surface area contributed by atoms with Gasteiger partial charge in [0.2, 0.25) is 0 Å². The summed E-state index contributed by atoms with van der Waals surface area (Å²) < 4.78 is 23.3. The van der Waals surface area contributed by atoms with E-state index in [1.165, 1.54) is 18.2 Å². The molecule has 0 aliphatic heterocycles. The number of hydrogen-bond donors (Lipinski definition) is 2. The molecule has 0 amide bonds. The Kier molecular flexibility index (Phi) is 2.90. The van der Waals surface area contributed by atoms with Crippen LogP contribution in [0.25, 0.3) is 0 Å². The summed E-state index contributed by atoms with van der Waals surface area (Å²) in [7, 11) is -3.86. The SMILES string of the molecule is N#Cc1ccc(NS(N)(=O)=O)cc1C#N. The molecule has 0 aromatic heterocycles. The van der Waals surface area contributed by atoms with Crippen LogP contribution in [0, 0.1) is 22.7 Å². The first-order chi connectivity index (χ1) is 6.96. The van der Waals surface area contributed by atoms with Gasteiger partial charge in [0.15, 0.2) is 0 Å². The molecule has 1 rings (SSSR count). The van der Waals surface area contributed by atoms with Crippen molar-refractivity contribution >= 4 is 15.9 Å². The van der Waals surface area contributed by atoms with Gasteiger partial charge in [-0.25, -0.2) is 5.14 Å². The van der Waals surface area contributed by atoms with Crippen LogP contribution in [0.3, 0.4) is 0 Å². The minimum absolute atomic E-state index is 0.0890. The molecule has 6 nitrogen and oxygen atoms in total. The van der Waals surface area contributed by atoms with Crippen LogP contribution in [-0.4, -0.2) is 8.42 Å². The summed E-state index contributed by atoms with van der Waals surface area (Å²) in [5, 5.41) is 22.0. The van der Waals surface area contributed by atoms with E-state index < -0.39 is 10.2 Å². The number of rotatable bonds is 2. The molecule has 1 aromatic rings. The van der Waals surface area contributed by atoms with Crippen LogP contribution >= 0.6 is 0 Å². The van der Waals surface area contributed by atoms with E-state index in [1.54, 1.807) is 12.1 Å². The molecule has 0 spiro atoms. The second kappa shape index (κ2) is 3.96. The van der Waals surface area contributed by atoms with Crippen molar-refractivity contribution in [2.45, 2.75) is 0 Å². The second-order valence-electron chi connectivity index (χ2n) is 2.63. The largest absolute Gasteiger partial charge is 0.296 e. The molecule has 0 bridgehead atoms. The lowest BCUT2D eigenvalue weighted by molar-refractivity contribution is 0.603. The minimum Gasteiger partial charge on any atom is -0.271 e. The number of hydrogen-bond acceptors (Lipinski definition) is 4. The van der Waals surface area contributed by atoms with Gasteiger partial charge in [-0.15, -0.1) is 0 Å². The molecule has 0 radical (unpaired) electrons. The smallest absolute Gasteiger partial charge is 0.271 e. The number of nitrogens with one attached hydrogen (secondary N) is 1. The van der Waals surface area contributed by atoms with Gasteiger partial charge in [0, 0.05) is 0 Å². The first-order valence-corrected chi connectivity index (χ1v) is 5.25. The third-order valence-electron chi connectivity index (χ3n) is 1.52. The van der Waals surface area contributed by atoms with E-state index in [-0.39, 0.29) is 16.8 Å². The molecule has 0 saturated carbocycles. The van der Waals surface area contributed by atoms with Gasteiger partial charge in [-0.05, 0) is 18.2 Å². The molecule has 0 aliphatic carbocycles. The summed E-state index contributed by atoms with van der Waals surface area (Å²) in [4.78, 5) is 0. The van der Waals surface area contributed by atoms with Crippen LogP contribution in [-0.2, 0) is 10.2 Å². The zero-order valence-electron chi connectivity index (χ0n) is 7.43. The highest BCUT2D eigenvalue weighted by Gasteiger charge is 2.06. The summed E-state index contributed by atoms with van der Waals surface area (Å²) in [6.07, 6.45) is 0. The maximum absolute atomic E-state index is 10.7. The highest BCUT2D eigenvalue weighted by Crippen LogP contribution is 2.14. The van der Waals surface area contributed by atoms with Gasteiger partial charge in [0.25, 0.3) is 10.2 Å². The fourth-order valence-corrected chi connectivity index (χ4v) is 1.42. The molecule has 0 heterocycles. The standard InChI is InChI=1S/C8H6N4O2S/c9-4-6-1-2-8(3-7(6)5-10)12-15(11,13)14/h1-3,12H,(H2,11,13,14). The van der Waals surface area contributed by atoms with Crippen molar-refractivity contribution in [2.24, 2.45) is 5.14 Å². The second-order valence-corrected chi connectivity index (χ2v) is 3.93. The van der Waals surface area contributed by atoms with Crippen LogP contribution in [0.5, 0.6) is 0 Å². The molecule has 7 heteroatoms. The summed E-state index contributed by atoms with van der Waals surface area (Å²) >= 11 is 0. The molecule has 76 valence electrons. The molecule has 15 heavy (non-hydrogen) atoms. The average molecular weight is 222 g/mol. The fraction of sp³-hybridized carbons (Fsp3) is 0. The number of nitrogens with zero attached hydrogens (tertiary/aromatic N) is 2. The van der Waals surface area contributed by atoms with E-state index in [2.05, 4.69) is 0 Å². The van der Waals surface area contributed by atoms with Crippen LogP contribution in [0.1, 0.15) is 11.1 Å². The predicted molar refractivity (Wildman–Crippen MR) is 52.6 cm³/mol. The Labute approximate surface area is 86.7 Å². The number of nitrogens with two attached hydrogens (primary N) is 1. The minimum atomic E-state index is -3.86. The van der Waals surface area contributed by atoms with E-state index in [9.17, 15) is 8.42 Å². The topological polar surface area (TPSA) is 120 Å². The quantitative estimate of drug-likeness (QED) is 0.734. The third-order valence-corrected chi connectivity index (χ3v) is 2.04. The lowest BCUT2D eigenvalue weighted by Gasteiger charge is -2.03. The van der Waals surface area contributed by atoms with E-state index in [0.717, 1.165) is 0 Å². The van der Waals surface area contributed by atoms with E-state index in [4.69, 9.17) is 15.7 Å². The predicted octanol–water partition coefficient (Wildman–Crippen LogP) is 0.0454. The monoisotopic (exact) mass is 222 g/mol. The summed E-state index contributed by atoms with van der Waals surface area (Å²) in [5.74, 6) is 0. The Morgan fingerprint density at radius 3 is 2.27 bits per heavy atom. The third kappa shape index (κ3) is 2.95. The van der Waals surface area contributed by atoms with Gasteiger partial charge in [0.1, 0.15) is 12.1 Å². The first kappa shape index (κ1) is 11.0. The zero-order valence-corrected chi connectivity index (χ0v) is 8.25. The first-order valence-electron chi connectivity index (χ1n) is 3.71. The van der Waals surface area contributed by atoms with Gasteiger partial charge in [-0.3, -0.25) is 4.72 Å². The Morgan fingerprint density at radius 1 is 1.20 bits per heavy atom. The van der Waals surface area contributed by atoms with Crippen molar-refractivity contribution in [1.82, 2.24) is 0 Å². The summed E-state index contributed by atoms with van der Waals surface area (Å²) in [6.45, 7) is 0. The highest BCUT2D eigenvalue weighted by molar-refractivity contribution is 7.90. The maximum atomic E-state index is 10.7. The van der Waals surface area contributed by atoms with Gasteiger partial charge in [0.05, 0.1) is 16.8 Å². The molecular weight excluding hydrogens is 216 g/mol. The van der Waals surface area contributed by atoms with Crippen molar-refractivity contribution < 1.29 is 8.42 Å². The maximum Gasteiger partial charge on any atom is 0.296 e. The van der Waals surface area contributed by atoms with Crippen LogP contribution in [0.4, 0.5) is 5.69 Å². The van der Waals surface area contributed by atoms with Crippen molar-refractivity contribution in [2.75, 3.05) is 4.72 Å². The Bertz CT molecular complexity index is 565. The average Bonchev–Trinajstić information content (AvgIpc) is 2.15. The number of anilines is 1. The molecule has 0 atom stereocenters. The Balaban J connectivity index is 3.18. The van der Waals surface area contributed by atoms with Gasteiger partial charge in [-0.1, -0.05) is 0 Å². The molecule has 1 aromatic carbocycles. The van der Waals surface area contributed by atoms with Gasteiger partial charge in [-0.2, -0.15) is 18.9 Å². The van der Waals surface area contributed by atoms with Crippen LogP contribution < -0.4 is 9.86 Å². The summed E-state index contributed by atoms with van der Waals surface area (Å²) in [6, 6.07) is 7.51. The lowest BCUT2D eigenvalue weighted by atomic mass is 10.1. The lowest BCUT2D eigenvalue weighted by Crippen LogP contribution is -2.21. The van der Waals surface area contributed by atoms with Gasteiger partial charge < -0.3 is 0 Å². The normalized spacial score (nSPS) is 10.1. The van der Waals surface area contributed by atoms with Gasteiger partial charge >= 0.3 is 0 Å². The highest BCUT2D eigenvalue weighted by atomic mass is 32.2. The van der Waals surface area contributed by atoms with Crippen molar-refractivity contribution in [3.63, 3.8) is 0 Å². The number of benzene rings is 1. The summed E-state index contributed by atoms with van der Waals surface area (Å²) in [5.41, 5.74) is 0.414. The zero-order chi connectivity index (χ0) is 11.5.